The fourth-order valence-electron chi connectivity index (χ4n) is 2.68. The van der Waals surface area contributed by atoms with Gasteiger partial charge in [0.05, 0.1) is 6.10 Å². The predicted molar refractivity (Wildman–Crippen MR) is 119 cm³/mol. The molecule has 0 saturated heterocycles. The third kappa shape index (κ3) is 11.3. The molecule has 9 N–H and O–H groups in total. The SMILES string of the molecule is CC(C)CC(NC(=O)C(CS)NC(=O)C(CCCCN)NC(=O)C(N)C(C)O)C(=O)O. The highest BCUT2D eigenvalue weighted by atomic mass is 32.1. The van der Waals surface area contributed by atoms with Crippen molar-refractivity contribution in [3.05, 3.63) is 0 Å². The molecule has 0 heterocycles. The molecule has 12 heteroatoms. The molecule has 11 nitrogen and oxygen atoms in total. The molecule has 180 valence electrons. The number of carbonyl (C=O) groups excluding carboxylic acids is 3. The maximum Gasteiger partial charge on any atom is 0.326 e. The fourth-order valence-corrected chi connectivity index (χ4v) is 2.94. The van der Waals surface area contributed by atoms with Gasteiger partial charge in [0.1, 0.15) is 24.2 Å². The Morgan fingerprint density at radius 1 is 0.903 bits per heavy atom. The molecule has 0 aliphatic rings. The van der Waals surface area contributed by atoms with Crippen LogP contribution in [0.2, 0.25) is 0 Å². The molecule has 0 bridgehead atoms. The van der Waals surface area contributed by atoms with E-state index in [1.165, 1.54) is 6.92 Å². The number of hydrogen-bond acceptors (Lipinski definition) is 8. The Morgan fingerprint density at radius 2 is 1.42 bits per heavy atom. The molecule has 31 heavy (non-hydrogen) atoms. The van der Waals surface area contributed by atoms with E-state index in [0.717, 1.165) is 0 Å². The van der Waals surface area contributed by atoms with E-state index in [4.69, 9.17) is 11.5 Å². The van der Waals surface area contributed by atoms with Crippen LogP contribution in [0.15, 0.2) is 0 Å². The molecule has 3 amide bonds. The Kier molecular flexibility index (Phi) is 14.1. The number of rotatable bonds is 15. The van der Waals surface area contributed by atoms with Gasteiger partial charge in [0, 0.05) is 5.75 Å². The summed E-state index contributed by atoms with van der Waals surface area (Å²) in [6, 6.07) is -4.44. The van der Waals surface area contributed by atoms with Crippen LogP contribution >= 0.6 is 12.6 Å². The molecule has 0 aliphatic carbocycles. The number of aliphatic hydroxyl groups is 1. The number of carboxylic acid groups (broad SMARTS) is 1. The number of unbranched alkanes of at least 4 members (excludes halogenated alkanes) is 1. The van der Waals surface area contributed by atoms with Crippen molar-refractivity contribution in [2.75, 3.05) is 12.3 Å². The first-order valence-electron chi connectivity index (χ1n) is 10.3. The number of carbonyl (C=O) groups is 4. The topological polar surface area (TPSA) is 197 Å². The fraction of sp³-hybridized carbons (Fsp3) is 0.789. The van der Waals surface area contributed by atoms with Crippen molar-refractivity contribution in [3.63, 3.8) is 0 Å². The average molecular weight is 464 g/mol. The zero-order valence-corrected chi connectivity index (χ0v) is 19.2. The largest absolute Gasteiger partial charge is 0.480 e. The van der Waals surface area contributed by atoms with Crippen molar-refractivity contribution in [2.24, 2.45) is 17.4 Å². The summed E-state index contributed by atoms with van der Waals surface area (Å²) in [5, 5.41) is 26.2. The van der Waals surface area contributed by atoms with Gasteiger partial charge in [0.2, 0.25) is 17.7 Å². The van der Waals surface area contributed by atoms with Gasteiger partial charge in [-0.1, -0.05) is 13.8 Å². The van der Waals surface area contributed by atoms with Crippen LogP contribution in [0.1, 0.15) is 46.5 Å². The molecule has 5 atom stereocenters. The van der Waals surface area contributed by atoms with Crippen LogP contribution in [-0.2, 0) is 19.2 Å². The Bertz CT molecular complexity index is 604. The summed E-state index contributed by atoms with van der Waals surface area (Å²) in [4.78, 5) is 48.8. The summed E-state index contributed by atoms with van der Waals surface area (Å²) in [6.07, 6.45) is 0.508. The normalized spacial score (nSPS) is 16.0. The minimum Gasteiger partial charge on any atom is -0.480 e. The molecule has 0 aliphatic heterocycles. The maximum atomic E-state index is 12.7. The van der Waals surface area contributed by atoms with E-state index in [2.05, 4.69) is 28.6 Å². The van der Waals surface area contributed by atoms with Gasteiger partial charge in [-0.25, -0.2) is 4.79 Å². The monoisotopic (exact) mass is 463 g/mol. The molecular weight excluding hydrogens is 426 g/mol. The lowest BCUT2D eigenvalue weighted by Gasteiger charge is -2.25. The van der Waals surface area contributed by atoms with Gasteiger partial charge >= 0.3 is 5.97 Å². The summed E-state index contributed by atoms with van der Waals surface area (Å²) in [6.45, 7) is 5.41. The molecule has 0 fully saturated rings. The van der Waals surface area contributed by atoms with Crippen molar-refractivity contribution >= 4 is 36.3 Å². The number of carboxylic acids is 1. The van der Waals surface area contributed by atoms with E-state index in [0.29, 0.717) is 19.4 Å². The van der Waals surface area contributed by atoms with Gasteiger partial charge in [0.25, 0.3) is 0 Å². The Balaban J connectivity index is 5.23. The van der Waals surface area contributed by atoms with E-state index >= 15 is 0 Å². The summed E-state index contributed by atoms with van der Waals surface area (Å²) in [7, 11) is 0. The van der Waals surface area contributed by atoms with E-state index in [1.807, 2.05) is 13.8 Å². The Labute approximate surface area is 188 Å². The quantitative estimate of drug-likeness (QED) is 0.104. The molecule has 0 aromatic heterocycles. The minimum atomic E-state index is -1.22. The summed E-state index contributed by atoms with van der Waals surface area (Å²) in [5.41, 5.74) is 11.1. The number of thiol groups is 1. The zero-order valence-electron chi connectivity index (χ0n) is 18.3. The van der Waals surface area contributed by atoms with Crippen molar-refractivity contribution in [1.29, 1.82) is 0 Å². The molecule has 0 aromatic rings. The molecule has 0 radical (unpaired) electrons. The zero-order chi connectivity index (χ0) is 24.1. The van der Waals surface area contributed by atoms with E-state index in [1.54, 1.807) is 0 Å². The number of hydrogen-bond donors (Lipinski definition) is 8. The molecule has 0 aromatic carbocycles. The first-order chi connectivity index (χ1) is 14.4. The number of aliphatic hydroxyl groups excluding tert-OH is 1. The van der Waals surface area contributed by atoms with Crippen molar-refractivity contribution in [3.8, 4) is 0 Å². The van der Waals surface area contributed by atoms with E-state index < -0.39 is 54.0 Å². The lowest BCUT2D eigenvalue weighted by molar-refractivity contribution is -0.142. The second-order valence-corrected chi connectivity index (χ2v) is 8.25. The van der Waals surface area contributed by atoms with Crippen molar-refractivity contribution in [1.82, 2.24) is 16.0 Å². The number of aliphatic carboxylic acids is 1. The van der Waals surface area contributed by atoms with Gasteiger partial charge in [0.15, 0.2) is 0 Å². The number of nitrogens with two attached hydrogens (primary N) is 2. The van der Waals surface area contributed by atoms with Crippen molar-refractivity contribution in [2.45, 2.75) is 76.7 Å². The molecular formula is C19H37N5O6S. The van der Waals surface area contributed by atoms with Crippen LogP contribution < -0.4 is 27.4 Å². The lowest BCUT2D eigenvalue weighted by atomic mass is 10.0. The third-order valence-corrected chi connectivity index (χ3v) is 4.90. The van der Waals surface area contributed by atoms with Gasteiger partial charge < -0.3 is 37.6 Å². The second kappa shape index (κ2) is 15.0. The Hall–Kier alpha value is -1.89. The van der Waals surface area contributed by atoms with Gasteiger partial charge in [-0.15, -0.1) is 0 Å². The van der Waals surface area contributed by atoms with Crippen LogP contribution in [0, 0.1) is 5.92 Å². The predicted octanol–water partition coefficient (Wildman–Crippen LogP) is -1.66. The molecule has 0 spiro atoms. The molecule has 0 rings (SSSR count). The minimum absolute atomic E-state index is 0.0331. The average Bonchev–Trinajstić information content (AvgIpc) is 2.69. The Morgan fingerprint density at radius 3 is 1.87 bits per heavy atom. The van der Waals surface area contributed by atoms with Crippen LogP contribution in [-0.4, -0.2) is 76.5 Å². The summed E-state index contributed by atoms with van der Waals surface area (Å²) >= 11 is 4.08. The molecule has 5 unspecified atom stereocenters. The summed E-state index contributed by atoms with van der Waals surface area (Å²) < 4.78 is 0. The van der Waals surface area contributed by atoms with Gasteiger partial charge in [-0.2, -0.15) is 12.6 Å². The standard InChI is InChI=1S/C19H37N5O6S/c1-10(2)8-13(19(29)30)23-17(27)14(9-31)24-16(26)12(6-4-5-7-20)22-18(28)15(21)11(3)25/h10-15,25,31H,4-9,20-21H2,1-3H3,(H,22,28)(H,23,27)(H,24,26)(H,29,30). The first-order valence-corrected chi connectivity index (χ1v) is 11.0. The second-order valence-electron chi connectivity index (χ2n) is 7.88. The van der Waals surface area contributed by atoms with Gasteiger partial charge in [-0.3, -0.25) is 14.4 Å². The van der Waals surface area contributed by atoms with Crippen LogP contribution in [0.4, 0.5) is 0 Å². The molecule has 0 saturated carbocycles. The third-order valence-electron chi connectivity index (χ3n) is 4.54. The lowest BCUT2D eigenvalue weighted by Crippen LogP contribution is -2.58. The highest BCUT2D eigenvalue weighted by Crippen LogP contribution is 2.07. The van der Waals surface area contributed by atoms with Crippen LogP contribution in [0.3, 0.4) is 0 Å². The maximum absolute atomic E-state index is 12.7. The van der Waals surface area contributed by atoms with Gasteiger partial charge in [-0.05, 0) is 45.1 Å². The highest BCUT2D eigenvalue weighted by Gasteiger charge is 2.30. The van der Waals surface area contributed by atoms with E-state index in [9.17, 15) is 29.4 Å². The van der Waals surface area contributed by atoms with Crippen LogP contribution in [0.5, 0.6) is 0 Å². The number of nitrogens with one attached hydrogen (secondary N) is 3. The smallest absolute Gasteiger partial charge is 0.326 e. The first kappa shape index (κ1) is 29.1. The van der Waals surface area contributed by atoms with Crippen molar-refractivity contribution < 1.29 is 29.4 Å². The number of amides is 3. The van der Waals surface area contributed by atoms with Crippen LogP contribution in [0.25, 0.3) is 0 Å². The summed E-state index contributed by atoms with van der Waals surface area (Å²) in [5.74, 6) is -3.27. The van der Waals surface area contributed by atoms with E-state index in [-0.39, 0.29) is 24.5 Å². The highest BCUT2D eigenvalue weighted by molar-refractivity contribution is 7.80.